The summed E-state index contributed by atoms with van der Waals surface area (Å²) in [5.74, 6) is 0.697. The van der Waals surface area contributed by atoms with Crippen molar-refractivity contribution in [3.63, 3.8) is 0 Å². The molecule has 8 nitrogen and oxygen atoms in total. The summed E-state index contributed by atoms with van der Waals surface area (Å²) in [6.07, 6.45) is 4.65. The van der Waals surface area contributed by atoms with E-state index < -0.39 is 0 Å². The molecule has 3 heterocycles. The number of aromatic amines is 1. The molecule has 0 aliphatic carbocycles. The lowest BCUT2D eigenvalue weighted by molar-refractivity contribution is 0.175. The highest BCUT2D eigenvalue weighted by Gasteiger charge is 2.30. The molecule has 0 bridgehead atoms. The van der Waals surface area contributed by atoms with Crippen molar-refractivity contribution in [2.24, 2.45) is 0 Å². The maximum Gasteiger partial charge on any atom is 0.253 e. The van der Waals surface area contributed by atoms with E-state index in [-0.39, 0.29) is 11.6 Å². The van der Waals surface area contributed by atoms with Crippen molar-refractivity contribution >= 4 is 10.9 Å². The maximum absolute atomic E-state index is 13.2. The zero-order valence-electron chi connectivity index (χ0n) is 18.0. The molecule has 30 heavy (non-hydrogen) atoms. The fourth-order valence-corrected chi connectivity index (χ4v) is 4.29. The second-order valence-electron chi connectivity index (χ2n) is 8.18. The number of hydrogen-bond acceptors (Lipinski definition) is 6. The number of methoxy groups -OCH3 is 1. The van der Waals surface area contributed by atoms with Crippen molar-refractivity contribution in [1.82, 2.24) is 30.1 Å². The molecule has 0 amide bonds. The van der Waals surface area contributed by atoms with E-state index in [4.69, 9.17) is 4.74 Å². The molecule has 3 aromatic rings. The van der Waals surface area contributed by atoms with Crippen molar-refractivity contribution in [3.8, 4) is 0 Å². The van der Waals surface area contributed by atoms with Crippen LogP contribution in [0.3, 0.4) is 0 Å². The topological polar surface area (TPSA) is 88.9 Å². The summed E-state index contributed by atoms with van der Waals surface area (Å²) in [7, 11) is 1.66. The summed E-state index contributed by atoms with van der Waals surface area (Å²) in [5.41, 5.74) is 3.85. The molecule has 0 spiro atoms. The van der Waals surface area contributed by atoms with Crippen LogP contribution >= 0.6 is 0 Å². The molecule has 1 aliphatic heterocycles. The Balaban J connectivity index is 1.85. The van der Waals surface area contributed by atoms with Crippen LogP contribution in [0.25, 0.3) is 10.9 Å². The van der Waals surface area contributed by atoms with Crippen molar-refractivity contribution in [1.29, 1.82) is 0 Å². The predicted octanol–water partition coefficient (Wildman–Crippen LogP) is 2.74. The Hall–Kier alpha value is -2.58. The number of benzene rings is 1. The van der Waals surface area contributed by atoms with Crippen LogP contribution in [-0.4, -0.2) is 56.9 Å². The Bertz CT molecular complexity index is 1070. The average molecular weight is 411 g/mol. The zero-order valence-corrected chi connectivity index (χ0v) is 18.0. The highest BCUT2D eigenvalue weighted by atomic mass is 16.5. The van der Waals surface area contributed by atoms with Crippen molar-refractivity contribution in [2.75, 3.05) is 26.8 Å². The molecule has 160 valence electrons. The lowest BCUT2D eigenvalue weighted by Crippen LogP contribution is -2.36. The molecule has 4 rings (SSSR count). The Morgan fingerprint density at radius 1 is 1.10 bits per heavy atom. The third kappa shape index (κ3) is 4.15. The number of tetrazole rings is 1. The molecule has 2 aromatic heterocycles. The van der Waals surface area contributed by atoms with Gasteiger partial charge in [0.2, 0.25) is 0 Å². The monoisotopic (exact) mass is 410 g/mol. The number of fused-ring (bicyclic) bond motifs is 1. The van der Waals surface area contributed by atoms with Gasteiger partial charge in [0.05, 0.1) is 13.2 Å². The van der Waals surface area contributed by atoms with Gasteiger partial charge >= 0.3 is 0 Å². The van der Waals surface area contributed by atoms with Gasteiger partial charge in [0, 0.05) is 18.2 Å². The Kier molecular flexibility index (Phi) is 6.24. The van der Waals surface area contributed by atoms with E-state index in [0.717, 1.165) is 36.8 Å². The van der Waals surface area contributed by atoms with Crippen LogP contribution < -0.4 is 5.56 Å². The molecular formula is C22H30N6O2. The molecule has 8 heteroatoms. The lowest BCUT2D eigenvalue weighted by Gasteiger charge is -2.29. The molecule has 1 N–H and O–H groups in total. The van der Waals surface area contributed by atoms with E-state index in [1.807, 2.05) is 12.1 Å². The number of H-pyrrole nitrogens is 1. The standard InChI is InChI=1S/C22H30N6O2/c1-15-12-17-14-18(22(29)23-19(17)13-16(15)2)20(27-8-6-4-5-7-9-27)21-24-25-26-28(21)10-11-30-3/h12-14,20H,4-11H2,1-3H3,(H,23,29)/t20-/m1/s1. The highest BCUT2D eigenvalue weighted by Crippen LogP contribution is 2.29. The van der Waals surface area contributed by atoms with Gasteiger partial charge < -0.3 is 9.72 Å². The van der Waals surface area contributed by atoms with Gasteiger partial charge in [-0.15, -0.1) is 5.10 Å². The summed E-state index contributed by atoms with van der Waals surface area (Å²) in [4.78, 5) is 18.7. The minimum absolute atomic E-state index is 0.0821. The molecule has 0 saturated carbocycles. The lowest BCUT2D eigenvalue weighted by atomic mass is 10.0. The van der Waals surface area contributed by atoms with E-state index in [2.05, 4.69) is 45.3 Å². The fourth-order valence-electron chi connectivity index (χ4n) is 4.29. The summed E-state index contributed by atoms with van der Waals surface area (Å²) in [6.45, 7) is 7.06. The molecule has 1 saturated heterocycles. The first kappa shape index (κ1) is 20.7. The Labute approximate surface area is 176 Å². The summed E-state index contributed by atoms with van der Waals surface area (Å²) < 4.78 is 7.00. The zero-order chi connectivity index (χ0) is 21.1. The first-order valence-corrected chi connectivity index (χ1v) is 10.7. The second kappa shape index (κ2) is 9.06. The third-order valence-electron chi connectivity index (χ3n) is 6.10. The quantitative estimate of drug-likeness (QED) is 0.672. The van der Waals surface area contributed by atoms with Crippen molar-refractivity contribution in [2.45, 2.75) is 52.1 Å². The van der Waals surface area contributed by atoms with E-state index in [9.17, 15) is 4.79 Å². The number of rotatable bonds is 6. The number of aryl methyl sites for hydroxylation is 2. The minimum Gasteiger partial charge on any atom is -0.383 e. The van der Waals surface area contributed by atoms with Crippen LogP contribution in [0.2, 0.25) is 0 Å². The van der Waals surface area contributed by atoms with Gasteiger partial charge in [-0.1, -0.05) is 12.8 Å². The van der Waals surface area contributed by atoms with Gasteiger partial charge in [-0.3, -0.25) is 9.69 Å². The van der Waals surface area contributed by atoms with Crippen molar-refractivity contribution < 1.29 is 4.74 Å². The predicted molar refractivity (Wildman–Crippen MR) is 116 cm³/mol. The van der Waals surface area contributed by atoms with Crippen LogP contribution in [0.15, 0.2) is 23.0 Å². The van der Waals surface area contributed by atoms with Crippen LogP contribution in [0.4, 0.5) is 0 Å². The second-order valence-corrected chi connectivity index (χ2v) is 8.18. The van der Waals surface area contributed by atoms with Crippen LogP contribution in [0.1, 0.15) is 54.2 Å². The molecule has 1 fully saturated rings. The Morgan fingerprint density at radius 3 is 2.57 bits per heavy atom. The first-order chi connectivity index (χ1) is 14.6. The number of hydrogen-bond donors (Lipinski definition) is 1. The number of ether oxygens (including phenoxy) is 1. The average Bonchev–Trinajstić information content (AvgIpc) is 3.01. The van der Waals surface area contributed by atoms with Gasteiger partial charge in [0.15, 0.2) is 5.82 Å². The van der Waals surface area contributed by atoms with Gasteiger partial charge in [-0.05, 0) is 84.9 Å². The fraction of sp³-hybridized carbons (Fsp3) is 0.545. The Morgan fingerprint density at radius 2 is 1.83 bits per heavy atom. The van der Waals surface area contributed by atoms with Crippen LogP contribution in [-0.2, 0) is 11.3 Å². The third-order valence-corrected chi connectivity index (χ3v) is 6.10. The smallest absolute Gasteiger partial charge is 0.253 e. The molecule has 0 radical (unpaired) electrons. The largest absolute Gasteiger partial charge is 0.383 e. The normalized spacial score (nSPS) is 16.6. The first-order valence-electron chi connectivity index (χ1n) is 10.7. The summed E-state index contributed by atoms with van der Waals surface area (Å²) in [5, 5.41) is 13.5. The van der Waals surface area contributed by atoms with Gasteiger partial charge in [0.1, 0.15) is 6.04 Å². The van der Waals surface area contributed by atoms with Crippen molar-refractivity contribution in [3.05, 3.63) is 51.1 Å². The van der Waals surface area contributed by atoms with E-state index in [0.29, 0.717) is 24.5 Å². The van der Waals surface area contributed by atoms with Gasteiger partial charge in [0.25, 0.3) is 5.56 Å². The number of nitrogens with zero attached hydrogens (tertiary/aromatic N) is 5. The van der Waals surface area contributed by atoms with Gasteiger partial charge in [-0.25, -0.2) is 4.68 Å². The number of pyridine rings is 1. The molecule has 1 aromatic carbocycles. The van der Waals surface area contributed by atoms with E-state index in [1.165, 1.54) is 24.0 Å². The molecular weight excluding hydrogens is 380 g/mol. The molecule has 1 atom stereocenters. The molecule has 1 aliphatic rings. The van der Waals surface area contributed by atoms with E-state index in [1.54, 1.807) is 11.8 Å². The SMILES string of the molecule is COCCn1nnnc1[C@@H](c1cc2cc(C)c(C)cc2[nH]c1=O)N1CCCCCC1. The number of nitrogens with one attached hydrogen (secondary N) is 1. The summed E-state index contributed by atoms with van der Waals surface area (Å²) in [6, 6.07) is 5.91. The van der Waals surface area contributed by atoms with Crippen LogP contribution in [0, 0.1) is 13.8 Å². The number of aromatic nitrogens is 5. The number of likely N-dealkylation sites (tertiary alicyclic amines) is 1. The maximum atomic E-state index is 13.2. The highest BCUT2D eigenvalue weighted by molar-refractivity contribution is 5.81. The minimum atomic E-state index is -0.287. The summed E-state index contributed by atoms with van der Waals surface area (Å²) >= 11 is 0. The van der Waals surface area contributed by atoms with Gasteiger partial charge in [-0.2, -0.15) is 0 Å². The molecule has 0 unspecified atom stereocenters. The van der Waals surface area contributed by atoms with Crippen LogP contribution in [0.5, 0.6) is 0 Å². The van der Waals surface area contributed by atoms with E-state index >= 15 is 0 Å².